The van der Waals surface area contributed by atoms with E-state index in [-0.39, 0.29) is 29.5 Å². The van der Waals surface area contributed by atoms with Gasteiger partial charge < -0.3 is 10.4 Å². The summed E-state index contributed by atoms with van der Waals surface area (Å²) in [5.74, 6) is -0.718. The van der Waals surface area contributed by atoms with Gasteiger partial charge in [0.2, 0.25) is 5.91 Å². The number of nitrogens with zero attached hydrogens (tertiary/aromatic N) is 2. The zero-order valence-corrected chi connectivity index (χ0v) is 14.2. The molecule has 2 aromatic carbocycles. The Kier molecular flexibility index (Phi) is 5.49. The molecule has 0 spiro atoms. The van der Waals surface area contributed by atoms with Gasteiger partial charge in [0.1, 0.15) is 6.54 Å². The van der Waals surface area contributed by atoms with E-state index >= 15 is 0 Å². The first-order valence-electron chi connectivity index (χ1n) is 7.61. The molecule has 0 aliphatic heterocycles. The number of carbonyl (C=O) groups excluding carboxylic acids is 1. The van der Waals surface area contributed by atoms with Crippen molar-refractivity contribution in [2.24, 2.45) is 4.99 Å². The van der Waals surface area contributed by atoms with Crippen LogP contribution in [-0.4, -0.2) is 23.6 Å². The average Bonchev–Trinajstić information content (AvgIpc) is 2.52. The minimum absolute atomic E-state index is 0.0738. The number of nitrogens with one attached hydrogen (secondary N) is 1. The minimum Gasteiger partial charge on any atom is -0.872 e. The summed E-state index contributed by atoms with van der Waals surface area (Å²) in [4.78, 5) is 26.1. The number of aryl methyl sites for hydroxylation is 3. The fraction of sp³-hybridized carbons (Fsp3) is 0.222. The van der Waals surface area contributed by atoms with Gasteiger partial charge in [-0.05, 0) is 37.5 Å². The Balaban J connectivity index is 2.07. The van der Waals surface area contributed by atoms with Gasteiger partial charge in [0, 0.05) is 24.0 Å². The fourth-order valence-electron chi connectivity index (χ4n) is 2.53. The van der Waals surface area contributed by atoms with Crippen LogP contribution < -0.4 is 10.4 Å². The van der Waals surface area contributed by atoms with Crippen molar-refractivity contribution in [3.63, 3.8) is 0 Å². The van der Waals surface area contributed by atoms with E-state index in [2.05, 4.69) is 10.3 Å². The van der Waals surface area contributed by atoms with Crippen LogP contribution in [0, 0.1) is 30.9 Å². The molecule has 130 valence electrons. The largest absolute Gasteiger partial charge is 0.872 e. The van der Waals surface area contributed by atoms with E-state index in [4.69, 9.17) is 0 Å². The number of aliphatic imine (C=N–C) groups is 1. The number of benzene rings is 2. The van der Waals surface area contributed by atoms with Gasteiger partial charge in [0.05, 0.1) is 4.92 Å². The molecule has 7 nitrogen and oxygen atoms in total. The van der Waals surface area contributed by atoms with E-state index in [1.165, 1.54) is 6.21 Å². The molecule has 1 amide bonds. The Morgan fingerprint density at radius 1 is 1.20 bits per heavy atom. The van der Waals surface area contributed by atoms with Gasteiger partial charge >= 0.3 is 0 Å². The minimum atomic E-state index is -0.591. The van der Waals surface area contributed by atoms with Crippen LogP contribution in [0.15, 0.2) is 35.3 Å². The van der Waals surface area contributed by atoms with Crippen LogP contribution in [-0.2, 0) is 4.79 Å². The first-order valence-corrected chi connectivity index (χ1v) is 7.61. The lowest BCUT2D eigenvalue weighted by molar-refractivity contribution is -0.385. The molecule has 2 aromatic rings. The maximum Gasteiger partial charge on any atom is 0.270 e. The number of anilines is 1. The van der Waals surface area contributed by atoms with Crippen molar-refractivity contribution in [1.29, 1.82) is 0 Å². The van der Waals surface area contributed by atoms with Crippen molar-refractivity contribution in [2.45, 2.75) is 20.8 Å². The first kappa shape index (κ1) is 18.1. The molecule has 7 heteroatoms. The summed E-state index contributed by atoms with van der Waals surface area (Å²) in [5, 5.41) is 25.2. The smallest absolute Gasteiger partial charge is 0.270 e. The zero-order valence-electron chi connectivity index (χ0n) is 14.2. The Morgan fingerprint density at radius 3 is 2.44 bits per heavy atom. The van der Waals surface area contributed by atoms with Crippen LogP contribution in [0.25, 0.3) is 0 Å². The molecule has 0 bridgehead atoms. The van der Waals surface area contributed by atoms with Gasteiger partial charge in [0.15, 0.2) is 0 Å². The van der Waals surface area contributed by atoms with Crippen LogP contribution in [0.3, 0.4) is 0 Å². The van der Waals surface area contributed by atoms with E-state index in [0.717, 1.165) is 40.6 Å². The molecule has 1 N–H and O–H groups in total. The number of nitro groups is 1. The molecule has 0 unspecified atom stereocenters. The van der Waals surface area contributed by atoms with Crippen LogP contribution >= 0.6 is 0 Å². The van der Waals surface area contributed by atoms with E-state index < -0.39 is 4.92 Å². The molecular weight excluding hydrogens is 322 g/mol. The van der Waals surface area contributed by atoms with Crippen LogP contribution in [0.1, 0.15) is 22.3 Å². The zero-order chi connectivity index (χ0) is 18.6. The quantitative estimate of drug-likeness (QED) is 0.513. The van der Waals surface area contributed by atoms with Gasteiger partial charge in [-0.15, -0.1) is 0 Å². The highest BCUT2D eigenvalue weighted by molar-refractivity contribution is 5.95. The predicted molar refractivity (Wildman–Crippen MR) is 94.3 cm³/mol. The Bertz CT molecular complexity index is 836. The van der Waals surface area contributed by atoms with Crippen molar-refractivity contribution in [3.05, 3.63) is 62.7 Å². The van der Waals surface area contributed by atoms with Gasteiger partial charge in [-0.2, -0.15) is 0 Å². The van der Waals surface area contributed by atoms with Crippen molar-refractivity contribution in [3.8, 4) is 5.75 Å². The molecular formula is C18H18N3O4-. The second kappa shape index (κ2) is 7.57. The molecule has 2 rings (SSSR count). The third kappa shape index (κ3) is 4.63. The molecule has 0 saturated heterocycles. The third-order valence-electron chi connectivity index (χ3n) is 3.61. The van der Waals surface area contributed by atoms with Crippen molar-refractivity contribution in [2.75, 3.05) is 11.9 Å². The number of amides is 1. The molecule has 0 heterocycles. The Labute approximate surface area is 145 Å². The second-order valence-corrected chi connectivity index (χ2v) is 5.77. The van der Waals surface area contributed by atoms with Crippen LogP contribution in [0.4, 0.5) is 11.4 Å². The maximum absolute atomic E-state index is 12.0. The van der Waals surface area contributed by atoms with Crippen LogP contribution in [0.5, 0.6) is 5.75 Å². The Morgan fingerprint density at radius 2 is 1.84 bits per heavy atom. The molecule has 0 atom stereocenters. The van der Waals surface area contributed by atoms with Gasteiger partial charge in [0.25, 0.3) is 5.69 Å². The summed E-state index contributed by atoms with van der Waals surface area (Å²) in [6.45, 7) is 5.61. The summed E-state index contributed by atoms with van der Waals surface area (Å²) in [6.07, 6.45) is 1.18. The maximum atomic E-state index is 12.0. The lowest BCUT2D eigenvalue weighted by Gasteiger charge is -2.12. The molecule has 0 fully saturated rings. The number of carbonyl (C=O) groups is 1. The summed E-state index contributed by atoms with van der Waals surface area (Å²) in [5.41, 5.74) is 3.64. The third-order valence-corrected chi connectivity index (χ3v) is 3.61. The van der Waals surface area contributed by atoms with E-state index in [1.54, 1.807) is 0 Å². The van der Waals surface area contributed by atoms with E-state index in [1.807, 2.05) is 32.9 Å². The highest BCUT2D eigenvalue weighted by Crippen LogP contribution is 2.22. The topological polar surface area (TPSA) is 108 Å². The molecule has 0 aliphatic rings. The number of hydrogen-bond acceptors (Lipinski definition) is 5. The number of non-ortho nitro benzene ring substituents is 1. The second-order valence-electron chi connectivity index (χ2n) is 5.77. The van der Waals surface area contributed by atoms with Crippen molar-refractivity contribution in [1.82, 2.24) is 0 Å². The Hall–Kier alpha value is -3.22. The van der Waals surface area contributed by atoms with Crippen molar-refractivity contribution >= 4 is 23.5 Å². The van der Waals surface area contributed by atoms with Crippen molar-refractivity contribution < 1.29 is 14.8 Å². The predicted octanol–water partition coefficient (Wildman–Crippen LogP) is 2.65. The fourth-order valence-corrected chi connectivity index (χ4v) is 2.53. The van der Waals surface area contributed by atoms with Crippen LogP contribution in [0.2, 0.25) is 0 Å². The summed E-state index contributed by atoms with van der Waals surface area (Å²) in [6, 6.07) is 7.32. The molecule has 25 heavy (non-hydrogen) atoms. The highest BCUT2D eigenvalue weighted by atomic mass is 16.6. The average molecular weight is 340 g/mol. The molecule has 0 saturated carbocycles. The normalized spacial score (nSPS) is 10.8. The molecule has 0 radical (unpaired) electrons. The standard InChI is InChI=1S/C18H19N3O4/c1-11-6-12(2)18(13(3)7-11)20-17(23)10-19-9-14-8-15(21(24)25)4-5-16(14)22/h4-9,22H,10H2,1-3H3,(H,20,23)/p-1. The van der Waals surface area contributed by atoms with Gasteiger partial charge in [-0.25, -0.2) is 0 Å². The monoisotopic (exact) mass is 340 g/mol. The summed E-state index contributed by atoms with van der Waals surface area (Å²) >= 11 is 0. The lowest BCUT2D eigenvalue weighted by Crippen LogP contribution is -2.16. The van der Waals surface area contributed by atoms with E-state index in [9.17, 15) is 20.0 Å². The number of nitro benzene ring substituents is 1. The molecule has 0 aromatic heterocycles. The highest BCUT2D eigenvalue weighted by Gasteiger charge is 2.08. The summed E-state index contributed by atoms with van der Waals surface area (Å²) < 4.78 is 0. The number of hydrogen-bond donors (Lipinski definition) is 1. The van der Waals surface area contributed by atoms with E-state index in [0.29, 0.717) is 0 Å². The SMILES string of the molecule is Cc1cc(C)c(NC(=O)CN=Cc2cc([N+](=O)[O-])ccc2[O-])c(C)c1. The first-order chi connectivity index (χ1) is 11.8. The molecule has 0 aliphatic carbocycles. The van der Waals surface area contributed by atoms with Gasteiger partial charge in [-0.1, -0.05) is 29.5 Å². The number of rotatable bonds is 5. The van der Waals surface area contributed by atoms with Gasteiger partial charge in [-0.3, -0.25) is 19.9 Å². The lowest BCUT2D eigenvalue weighted by atomic mass is 10.1. The summed E-state index contributed by atoms with van der Waals surface area (Å²) in [7, 11) is 0.